The van der Waals surface area contributed by atoms with E-state index in [1.54, 1.807) is 0 Å². The summed E-state index contributed by atoms with van der Waals surface area (Å²) in [5.41, 5.74) is -0.849. The molecular formula is C8H7F2NO3. The van der Waals surface area contributed by atoms with Crippen LogP contribution in [0.3, 0.4) is 0 Å². The molecule has 0 aromatic heterocycles. The number of aromatic carboxylic acids is 1. The highest BCUT2D eigenvalue weighted by atomic mass is 19.1. The van der Waals surface area contributed by atoms with Gasteiger partial charge in [-0.2, -0.15) is 0 Å². The van der Waals surface area contributed by atoms with Crippen LogP contribution in [-0.2, 0) is 11.4 Å². The van der Waals surface area contributed by atoms with Crippen LogP contribution in [0.5, 0.6) is 0 Å². The maximum atomic E-state index is 13.0. The summed E-state index contributed by atoms with van der Waals surface area (Å²) in [7, 11) is 0. The van der Waals surface area contributed by atoms with E-state index in [2.05, 4.69) is 4.84 Å². The van der Waals surface area contributed by atoms with Gasteiger partial charge in [-0.3, -0.25) is 4.84 Å². The molecule has 4 nitrogen and oxygen atoms in total. The Morgan fingerprint density at radius 2 is 1.93 bits per heavy atom. The molecule has 0 saturated heterocycles. The Morgan fingerprint density at radius 1 is 1.43 bits per heavy atom. The molecule has 6 heteroatoms. The van der Waals surface area contributed by atoms with Crippen LogP contribution in [0.15, 0.2) is 12.1 Å². The summed E-state index contributed by atoms with van der Waals surface area (Å²) in [6.45, 7) is -0.187. The van der Waals surface area contributed by atoms with E-state index in [-0.39, 0.29) is 12.2 Å². The molecule has 76 valence electrons. The molecule has 0 saturated carbocycles. The van der Waals surface area contributed by atoms with E-state index >= 15 is 0 Å². The molecule has 1 rings (SSSR count). The Hall–Kier alpha value is -1.53. The standard InChI is InChI=1S/C8H7F2NO3/c9-5-1-4(3-14-11)2-6(10)7(5)8(12)13/h1-2H,3,11H2,(H,12,13). The highest BCUT2D eigenvalue weighted by molar-refractivity contribution is 5.88. The highest BCUT2D eigenvalue weighted by Crippen LogP contribution is 2.15. The summed E-state index contributed by atoms with van der Waals surface area (Å²) in [5.74, 6) is 0.748. The van der Waals surface area contributed by atoms with E-state index in [4.69, 9.17) is 11.0 Å². The lowest BCUT2D eigenvalue weighted by molar-refractivity contribution is 0.0686. The number of nitrogens with two attached hydrogens (primary N) is 1. The average Bonchev–Trinajstić information content (AvgIpc) is 2.01. The quantitative estimate of drug-likeness (QED) is 0.720. The average molecular weight is 203 g/mol. The number of carboxylic acids is 1. The van der Waals surface area contributed by atoms with Crippen LogP contribution in [-0.4, -0.2) is 11.1 Å². The molecule has 1 aromatic carbocycles. The Morgan fingerprint density at radius 3 is 2.29 bits per heavy atom. The highest BCUT2D eigenvalue weighted by Gasteiger charge is 2.17. The number of hydrogen-bond acceptors (Lipinski definition) is 3. The first-order valence-corrected chi connectivity index (χ1v) is 3.59. The van der Waals surface area contributed by atoms with Crippen LogP contribution in [0.2, 0.25) is 0 Å². The molecule has 0 aliphatic carbocycles. The van der Waals surface area contributed by atoms with Crippen molar-refractivity contribution in [3.8, 4) is 0 Å². The lowest BCUT2D eigenvalue weighted by Crippen LogP contribution is -2.07. The molecule has 14 heavy (non-hydrogen) atoms. The van der Waals surface area contributed by atoms with Gasteiger partial charge in [0.15, 0.2) is 0 Å². The van der Waals surface area contributed by atoms with Crippen LogP contribution in [0.25, 0.3) is 0 Å². The second-order valence-corrected chi connectivity index (χ2v) is 2.55. The van der Waals surface area contributed by atoms with Gasteiger partial charge in [0.1, 0.15) is 17.2 Å². The number of carbonyl (C=O) groups is 1. The predicted molar refractivity (Wildman–Crippen MR) is 42.3 cm³/mol. The lowest BCUT2D eigenvalue weighted by Gasteiger charge is -2.03. The van der Waals surface area contributed by atoms with Crippen molar-refractivity contribution >= 4 is 5.97 Å². The summed E-state index contributed by atoms with van der Waals surface area (Å²) in [6, 6.07) is 1.72. The van der Waals surface area contributed by atoms with Gasteiger partial charge in [0.25, 0.3) is 0 Å². The van der Waals surface area contributed by atoms with Gasteiger partial charge < -0.3 is 5.11 Å². The van der Waals surface area contributed by atoms with Crippen molar-refractivity contribution in [2.75, 3.05) is 0 Å². The minimum absolute atomic E-state index is 0.132. The van der Waals surface area contributed by atoms with E-state index in [0.29, 0.717) is 0 Å². The van der Waals surface area contributed by atoms with Crippen molar-refractivity contribution in [2.45, 2.75) is 6.61 Å². The lowest BCUT2D eigenvalue weighted by atomic mass is 10.1. The zero-order chi connectivity index (χ0) is 10.7. The molecule has 0 amide bonds. The van der Waals surface area contributed by atoms with Gasteiger partial charge in [-0.25, -0.2) is 19.5 Å². The van der Waals surface area contributed by atoms with Gasteiger partial charge in [0.05, 0.1) is 6.61 Å². The van der Waals surface area contributed by atoms with E-state index in [9.17, 15) is 13.6 Å². The molecule has 0 unspecified atom stereocenters. The van der Waals surface area contributed by atoms with Gasteiger partial charge in [-0.15, -0.1) is 0 Å². The van der Waals surface area contributed by atoms with E-state index in [1.807, 2.05) is 0 Å². The summed E-state index contributed by atoms with van der Waals surface area (Å²) in [4.78, 5) is 14.5. The number of carboxylic acid groups (broad SMARTS) is 1. The fourth-order valence-electron chi connectivity index (χ4n) is 1.01. The van der Waals surface area contributed by atoms with Crippen molar-refractivity contribution in [1.82, 2.24) is 0 Å². The molecule has 0 aliphatic heterocycles. The third-order valence-electron chi connectivity index (χ3n) is 1.57. The van der Waals surface area contributed by atoms with Crippen LogP contribution < -0.4 is 5.90 Å². The molecule has 1 aromatic rings. The molecule has 0 heterocycles. The first-order chi connectivity index (χ1) is 6.56. The monoisotopic (exact) mass is 203 g/mol. The van der Waals surface area contributed by atoms with Gasteiger partial charge in [-0.05, 0) is 17.7 Å². The minimum Gasteiger partial charge on any atom is -0.477 e. The Labute approximate surface area is 77.9 Å². The first kappa shape index (κ1) is 10.6. The maximum absolute atomic E-state index is 13.0. The zero-order valence-corrected chi connectivity index (χ0v) is 6.96. The maximum Gasteiger partial charge on any atom is 0.341 e. The number of halogens is 2. The second kappa shape index (κ2) is 4.12. The van der Waals surface area contributed by atoms with Gasteiger partial charge in [0.2, 0.25) is 0 Å². The van der Waals surface area contributed by atoms with Crippen molar-refractivity contribution in [3.63, 3.8) is 0 Å². The third-order valence-corrected chi connectivity index (χ3v) is 1.57. The van der Waals surface area contributed by atoms with Crippen LogP contribution >= 0.6 is 0 Å². The first-order valence-electron chi connectivity index (χ1n) is 3.59. The van der Waals surface area contributed by atoms with Crippen molar-refractivity contribution in [2.24, 2.45) is 5.90 Å². The van der Waals surface area contributed by atoms with Crippen LogP contribution in [0, 0.1) is 11.6 Å². The number of hydrogen-bond donors (Lipinski definition) is 2. The molecule has 0 aliphatic rings. The molecular weight excluding hydrogens is 196 g/mol. The second-order valence-electron chi connectivity index (χ2n) is 2.55. The van der Waals surface area contributed by atoms with Crippen LogP contribution in [0.4, 0.5) is 8.78 Å². The molecule has 0 spiro atoms. The summed E-state index contributed by atoms with van der Waals surface area (Å²) in [6.07, 6.45) is 0. The fraction of sp³-hybridized carbons (Fsp3) is 0.125. The van der Waals surface area contributed by atoms with E-state index < -0.39 is 23.2 Å². The van der Waals surface area contributed by atoms with Gasteiger partial charge in [0, 0.05) is 0 Å². The van der Waals surface area contributed by atoms with Gasteiger partial charge in [-0.1, -0.05) is 0 Å². The molecule has 0 atom stereocenters. The fourth-order valence-corrected chi connectivity index (χ4v) is 1.01. The molecule has 0 fully saturated rings. The normalized spacial score (nSPS) is 10.2. The van der Waals surface area contributed by atoms with Gasteiger partial charge >= 0.3 is 5.97 Å². The van der Waals surface area contributed by atoms with E-state index in [1.165, 1.54) is 0 Å². The SMILES string of the molecule is NOCc1cc(F)c(C(=O)O)c(F)c1. The Kier molecular flexibility index (Phi) is 3.10. The smallest absolute Gasteiger partial charge is 0.341 e. The van der Waals surface area contributed by atoms with Crippen molar-refractivity contribution in [3.05, 3.63) is 34.9 Å². The zero-order valence-electron chi connectivity index (χ0n) is 6.96. The Bertz CT molecular complexity index is 345. The van der Waals surface area contributed by atoms with Crippen molar-refractivity contribution < 1.29 is 23.5 Å². The summed E-state index contributed by atoms with van der Waals surface area (Å²) >= 11 is 0. The van der Waals surface area contributed by atoms with E-state index in [0.717, 1.165) is 12.1 Å². The largest absolute Gasteiger partial charge is 0.477 e. The summed E-state index contributed by atoms with van der Waals surface area (Å²) in [5, 5.41) is 8.43. The molecule has 0 radical (unpaired) electrons. The topological polar surface area (TPSA) is 72.5 Å². The van der Waals surface area contributed by atoms with Crippen molar-refractivity contribution in [1.29, 1.82) is 0 Å². The van der Waals surface area contributed by atoms with Crippen LogP contribution in [0.1, 0.15) is 15.9 Å². The molecule has 3 N–H and O–H groups in total. The number of benzene rings is 1. The number of rotatable bonds is 3. The predicted octanol–water partition coefficient (Wildman–Crippen LogP) is 1.05. The molecule has 0 bridgehead atoms. The third kappa shape index (κ3) is 2.04. The summed E-state index contributed by atoms with van der Waals surface area (Å²) < 4.78 is 25.9. The minimum atomic E-state index is -1.65. The Balaban J connectivity index is 3.18.